The van der Waals surface area contributed by atoms with E-state index in [9.17, 15) is 8.42 Å². The van der Waals surface area contributed by atoms with Crippen molar-refractivity contribution in [1.82, 2.24) is 9.78 Å². The lowest BCUT2D eigenvalue weighted by molar-refractivity contribution is 0.403. The first kappa shape index (κ1) is 16.7. The van der Waals surface area contributed by atoms with Crippen molar-refractivity contribution in [2.24, 2.45) is 0 Å². The van der Waals surface area contributed by atoms with Crippen molar-refractivity contribution >= 4 is 15.8 Å². The third kappa shape index (κ3) is 2.84. The predicted molar refractivity (Wildman–Crippen MR) is 99.4 cm³/mol. The first-order chi connectivity index (χ1) is 12.6. The van der Waals surface area contributed by atoms with Crippen molar-refractivity contribution in [3.63, 3.8) is 0 Å². The summed E-state index contributed by atoms with van der Waals surface area (Å²) in [6, 6.07) is 16.1. The number of nitrogens with zero attached hydrogens (tertiary/aromatic N) is 2. The Labute approximate surface area is 152 Å². The van der Waals surface area contributed by atoms with Crippen LogP contribution in [0.1, 0.15) is 17.7 Å². The van der Waals surface area contributed by atoms with Crippen LogP contribution in [0.2, 0.25) is 0 Å². The molecule has 0 fully saturated rings. The average Bonchev–Trinajstić information content (AvgIpc) is 3.25. The van der Waals surface area contributed by atoms with E-state index in [0.717, 1.165) is 36.2 Å². The molecule has 3 aromatic rings. The summed E-state index contributed by atoms with van der Waals surface area (Å²) in [5.41, 5.74) is 2.73. The Bertz CT molecular complexity index is 1040. The number of nitrogens with one attached hydrogen (secondary N) is 1. The molecule has 6 nitrogen and oxygen atoms in total. The maximum absolute atomic E-state index is 13.0. The summed E-state index contributed by atoms with van der Waals surface area (Å²) in [5.74, 6) is 0.817. The molecule has 0 saturated heterocycles. The van der Waals surface area contributed by atoms with Gasteiger partial charge in [-0.15, -0.1) is 0 Å². The average molecular weight is 369 g/mol. The van der Waals surface area contributed by atoms with E-state index in [0.29, 0.717) is 11.6 Å². The molecular weight excluding hydrogens is 350 g/mol. The zero-order valence-electron chi connectivity index (χ0n) is 14.3. The van der Waals surface area contributed by atoms with Gasteiger partial charge in [-0.25, -0.2) is 13.1 Å². The van der Waals surface area contributed by atoms with E-state index in [2.05, 4.69) is 9.82 Å². The fourth-order valence-corrected chi connectivity index (χ4v) is 4.52. The van der Waals surface area contributed by atoms with Crippen molar-refractivity contribution < 1.29 is 13.2 Å². The maximum Gasteiger partial charge on any atom is 0.266 e. The fraction of sp³-hybridized carbons (Fsp3) is 0.211. The van der Waals surface area contributed by atoms with Crippen molar-refractivity contribution in [3.8, 4) is 11.4 Å². The lowest BCUT2D eigenvalue weighted by Gasteiger charge is -2.14. The molecule has 1 aromatic heterocycles. The van der Waals surface area contributed by atoms with E-state index in [1.807, 2.05) is 30.3 Å². The molecule has 1 aliphatic carbocycles. The lowest BCUT2D eigenvalue weighted by atomic mass is 10.2. The zero-order chi connectivity index (χ0) is 18.1. The molecule has 1 heterocycles. The Hall–Kier alpha value is -2.80. The van der Waals surface area contributed by atoms with E-state index in [1.54, 1.807) is 22.9 Å². The van der Waals surface area contributed by atoms with Crippen LogP contribution in [0, 0.1) is 0 Å². The number of benzene rings is 2. The topological polar surface area (TPSA) is 73.2 Å². The maximum atomic E-state index is 13.0. The van der Waals surface area contributed by atoms with Crippen molar-refractivity contribution in [2.45, 2.75) is 24.2 Å². The molecule has 7 heteroatoms. The van der Waals surface area contributed by atoms with Crippen molar-refractivity contribution in [1.29, 1.82) is 0 Å². The van der Waals surface area contributed by atoms with Crippen LogP contribution < -0.4 is 9.46 Å². The second-order valence-electron chi connectivity index (χ2n) is 6.13. The molecule has 1 N–H and O–H groups in total. The minimum Gasteiger partial charge on any atom is -0.495 e. The number of aryl methyl sites for hydroxylation is 1. The Morgan fingerprint density at radius 3 is 2.54 bits per heavy atom. The minimum atomic E-state index is -3.81. The Kier molecular flexibility index (Phi) is 4.16. The second kappa shape index (κ2) is 6.49. The van der Waals surface area contributed by atoms with Gasteiger partial charge in [-0.3, -0.25) is 4.72 Å². The van der Waals surface area contributed by atoms with Crippen LogP contribution in [0.5, 0.6) is 5.75 Å². The summed E-state index contributed by atoms with van der Waals surface area (Å²) in [5, 5.41) is 4.64. The van der Waals surface area contributed by atoms with Crippen LogP contribution in [-0.2, 0) is 22.9 Å². The van der Waals surface area contributed by atoms with Crippen LogP contribution in [0.15, 0.2) is 59.5 Å². The number of ether oxygens (including phenoxy) is 1. The van der Waals surface area contributed by atoms with Gasteiger partial charge in [-0.2, -0.15) is 5.10 Å². The van der Waals surface area contributed by atoms with Gasteiger partial charge in [-0.05, 0) is 43.5 Å². The van der Waals surface area contributed by atoms with Gasteiger partial charge < -0.3 is 4.74 Å². The molecule has 2 aromatic carbocycles. The number of para-hydroxylation sites is 2. The van der Waals surface area contributed by atoms with Gasteiger partial charge in [0.05, 0.1) is 18.5 Å². The first-order valence-corrected chi connectivity index (χ1v) is 9.90. The number of sulfonamides is 1. The van der Waals surface area contributed by atoms with Gasteiger partial charge in [0.1, 0.15) is 16.5 Å². The van der Waals surface area contributed by atoms with E-state index >= 15 is 0 Å². The third-order valence-electron chi connectivity index (χ3n) is 4.50. The summed E-state index contributed by atoms with van der Waals surface area (Å²) in [7, 11) is -2.36. The van der Waals surface area contributed by atoms with Crippen LogP contribution in [-0.4, -0.2) is 25.3 Å². The van der Waals surface area contributed by atoms with E-state index in [1.165, 1.54) is 13.2 Å². The molecule has 26 heavy (non-hydrogen) atoms. The standard InChI is InChI=1S/C19H19N3O3S/c1-25-17-12-5-6-13-18(17)26(23,24)21-19-15-10-7-11-16(15)20-22(19)14-8-3-2-4-9-14/h2-6,8-9,12-13,21H,7,10-11H2,1H3. The van der Waals surface area contributed by atoms with Gasteiger partial charge in [0.15, 0.2) is 0 Å². The van der Waals surface area contributed by atoms with Crippen LogP contribution in [0.25, 0.3) is 5.69 Å². The smallest absolute Gasteiger partial charge is 0.266 e. The molecule has 0 spiro atoms. The van der Waals surface area contributed by atoms with E-state index < -0.39 is 10.0 Å². The molecule has 1 aliphatic rings. The number of fused-ring (bicyclic) bond motifs is 1. The van der Waals surface area contributed by atoms with Gasteiger partial charge in [-0.1, -0.05) is 30.3 Å². The Morgan fingerprint density at radius 2 is 1.77 bits per heavy atom. The summed E-state index contributed by atoms with van der Waals surface area (Å²) >= 11 is 0. The monoisotopic (exact) mass is 369 g/mol. The minimum absolute atomic E-state index is 0.107. The summed E-state index contributed by atoms with van der Waals surface area (Å²) < 4.78 is 35.7. The van der Waals surface area contributed by atoms with Gasteiger partial charge >= 0.3 is 0 Å². The largest absolute Gasteiger partial charge is 0.495 e. The molecule has 0 aliphatic heterocycles. The second-order valence-corrected chi connectivity index (χ2v) is 7.78. The number of rotatable bonds is 5. The fourth-order valence-electron chi connectivity index (χ4n) is 3.28. The molecule has 0 unspecified atom stereocenters. The molecule has 0 radical (unpaired) electrons. The quantitative estimate of drug-likeness (QED) is 0.750. The van der Waals surface area contributed by atoms with Crippen molar-refractivity contribution in [2.75, 3.05) is 11.8 Å². The number of anilines is 1. The highest BCUT2D eigenvalue weighted by Crippen LogP contribution is 2.33. The normalized spacial score (nSPS) is 13.4. The molecule has 0 atom stereocenters. The molecule has 4 rings (SSSR count). The Balaban J connectivity index is 1.81. The lowest BCUT2D eigenvalue weighted by Crippen LogP contribution is -2.17. The molecule has 0 saturated carbocycles. The SMILES string of the molecule is COc1ccccc1S(=O)(=O)Nc1c2c(nn1-c1ccccc1)CCC2. The number of hydrogen-bond donors (Lipinski definition) is 1. The van der Waals surface area contributed by atoms with Gasteiger partial charge in [0, 0.05) is 5.56 Å². The predicted octanol–water partition coefficient (Wildman–Crippen LogP) is 3.17. The summed E-state index contributed by atoms with van der Waals surface area (Å²) in [6.45, 7) is 0. The molecule has 134 valence electrons. The third-order valence-corrected chi connectivity index (χ3v) is 5.88. The summed E-state index contributed by atoms with van der Waals surface area (Å²) in [6.07, 6.45) is 2.65. The van der Waals surface area contributed by atoms with Gasteiger partial charge in [0.2, 0.25) is 0 Å². The van der Waals surface area contributed by atoms with Crippen LogP contribution in [0.4, 0.5) is 5.82 Å². The highest BCUT2D eigenvalue weighted by atomic mass is 32.2. The molecular formula is C19H19N3O3S. The number of aromatic nitrogens is 2. The van der Waals surface area contributed by atoms with Crippen LogP contribution >= 0.6 is 0 Å². The highest BCUT2D eigenvalue weighted by molar-refractivity contribution is 7.92. The highest BCUT2D eigenvalue weighted by Gasteiger charge is 2.28. The van der Waals surface area contributed by atoms with E-state index in [-0.39, 0.29) is 4.90 Å². The number of hydrogen-bond acceptors (Lipinski definition) is 4. The molecule has 0 amide bonds. The van der Waals surface area contributed by atoms with E-state index in [4.69, 9.17) is 4.74 Å². The summed E-state index contributed by atoms with van der Waals surface area (Å²) in [4.78, 5) is 0.107. The zero-order valence-corrected chi connectivity index (χ0v) is 15.2. The molecule has 0 bridgehead atoms. The van der Waals surface area contributed by atoms with Crippen molar-refractivity contribution in [3.05, 3.63) is 65.9 Å². The van der Waals surface area contributed by atoms with Gasteiger partial charge in [0.25, 0.3) is 10.0 Å². The van der Waals surface area contributed by atoms with Crippen LogP contribution in [0.3, 0.4) is 0 Å². The number of methoxy groups -OCH3 is 1. The Morgan fingerprint density at radius 1 is 1.04 bits per heavy atom. The first-order valence-electron chi connectivity index (χ1n) is 8.42.